The lowest BCUT2D eigenvalue weighted by Gasteiger charge is -2.13. The van der Waals surface area contributed by atoms with Gasteiger partial charge in [-0.1, -0.05) is 34.1 Å². The van der Waals surface area contributed by atoms with E-state index >= 15 is 0 Å². The molecule has 1 unspecified atom stereocenters. The minimum Gasteiger partial charge on any atom is -0.435 e. The molecule has 0 aliphatic rings. The zero-order valence-corrected chi connectivity index (χ0v) is 13.2. The van der Waals surface area contributed by atoms with Crippen LogP contribution in [0.1, 0.15) is 16.0 Å². The quantitative estimate of drug-likeness (QED) is 0.591. The van der Waals surface area contributed by atoms with Gasteiger partial charge in [-0.05, 0) is 51.3 Å². The molecule has 0 heterocycles. The predicted molar refractivity (Wildman–Crippen MR) is 77.9 cm³/mol. The van der Waals surface area contributed by atoms with Crippen molar-refractivity contribution in [3.05, 3.63) is 63.9 Å². The first-order chi connectivity index (χ1) is 9.47. The average Bonchev–Trinajstić information content (AvgIpc) is 2.40. The highest BCUT2D eigenvalue weighted by molar-refractivity contribution is 9.10. The SMILES string of the molecule is Fc1ccc(C(Br)c2cccc(OC(F)F)c2)cc1Br. The Morgan fingerprint density at radius 2 is 1.70 bits per heavy atom. The molecule has 6 heteroatoms. The maximum atomic E-state index is 13.2. The fourth-order valence-electron chi connectivity index (χ4n) is 1.71. The summed E-state index contributed by atoms with van der Waals surface area (Å²) in [5.74, 6) is -0.272. The van der Waals surface area contributed by atoms with Gasteiger partial charge in [0.2, 0.25) is 0 Å². The van der Waals surface area contributed by atoms with Gasteiger partial charge in [-0.2, -0.15) is 8.78 Å². The number of benzene rings is 2. The number of halogens is 5. The van der Waals surface area contributed by atoms with Gasteiger partial charge in [0.15, 0.2) is 0 Å². The van der Waals surface area contributed by atoms with Crippen LogP contribution in [0.15, 0.2) is 46.9 Å². The van der Waals surface area contributed by atoms with E-state index in [2.05, 4.69) is 36.6 Å². The van der Waals surface area contributed by atoms with Crippen LogP contribution in [-0.2, 0) is 0 Å². The molecule has 0 bridgehead atoms. The summed E-state index contributed by atoms with van der Waals surface area (Å²) in [7, 11) is 0. The Labute approximate surface area is 131 Å². The number of alkyl halides is 3. The first-order valence-corrected chi connectivity index (χ1v) is 7.32. The first kappa shape index (κ1) is 15.4. The number of hydrogen-bond donors (Lipinski definition) is 0. The third-order valence-electron chi connectivity index (χ3n) is 2.61. The van der Waals surface area contributed by atoms with Crippen molar-refractivity contribution in [2.45, 2.75) is 11.4 Å². The van der Waals surface area contributed by atoms with Crippen molar-refractivity contribution >= 4 is 31.9 Å². The van der Waals surface area contributed by atoms with Crippen LogP contribution in [0.25, 0.3) is 0 Å². The molecule has 0 fully saturated rings. The third-order valence-corrected chi connectivity index (χ3v) is 4.28. The minimum atomic E-state index is -2.86. The molecule has 0 saturated carbocycles. The highest BCUT2D eigenvalue weighted by atomic mass is 79.9. The van der Waals surface area contributed by atoms with Crippen molar-refractivity contribution < 1.29 is 17.9 Å². The van der Waals surface area contributed by atoms with Gasteiger partial charge in [-0.15, -0.1) is 0 Å². The van der Waals surface area contributed by atoms with Gasteiger partial charge in [-0.25, -0.2) is 4.39 Å². The Balaban J connectivity index is 2.28. The van der Waals surface area contributed by atoms with E-state index in [-0.39, 0.29) is 16.4 Å². The lowest BCUT2D eigenvalue weighted by molar-refractivity contribution is -0.0498. The molecule has 1 nitrogen and oxygen atoms in total. The van der Waals surface area contributed by atoms with Crippen LogP contribution in [0.2, 0.25) is 0 Å². The van der Waals surface area contributed by atoms with E-state index in [0.717, 1.165) is 11.1 Å². The number of rotatable bonds is 4. The van der Waals surface area contributed by atoms with E-state index in [1.54, 1.807) is 24.3 Å². The Bertz CT molecular complexity index is 605. The summed E-state index contributed by atoms with van der Waals surface area (Å²) in [4.78, 5) is -0.249. The number of ether oxygens (including phenoxy) is 1. The molecule has 106 valence electrons. The van der Waals surface area contributed by atoms with E-state index in [1.165, 1.54) is 18.2 Å². The lowest BCUT2D eigenvalue weighted by Crippen LogP contribution is -2.02. The van der Waals surface area contributed by atoms with Gasteiger partial charge in [0.05, 0.1) is 9.30 Å². The summed E-state index contributed by atoms with van der Waals surface area (Å²) >= 11 is 6.58. The molecule has 0 aromatic heterocycles. The molecule has 0 amide bonds. The average molecular weight is 410 g/mol. The molecule has 0 aliphatic heterocycles. The van der Waals surface area contributed by atoms with Gasteiger partial charge in [0.25, 0.3) is 0 Å². The van der Waals surface area contributed by atoms with Crippen LogP contribution in [0.3, 0.4) is 0 Å². The maximum absolute atomic E-state index is 13.2. The molecule has 20 heavy (non-hydrogen) atoms. The molecule has 0 radical (unpaired) electrons. The number of hydrogen-bond acceptors (Lipinski definition) is 1. The zero-order chi connectivity index (χ0) is 14.7. The summed E-state index contributed by atoms with van der Waals surface area (Å²) in [5, 5.41) is 0. The smallest absolute Gasteiger partial charge is 0.387 e. The van der Waals surface area contributed by atoms with Crippen LogP contribution >= 0.6 is 31.9 Å². The van der Waals surface area contributed by atoms with Crippen molar-refractivity contribution in [2.24, 2.45) is 0 Å². The van der Waals surface area contributed by atoms with E-state index in [1.807, 2.05) is 0 Å². The van der Waals surface area contributed by atoms with Crippen molar-refractivity contribution in [2.75, 3.05) is 0 Å². The lowest BCUT2D eigenvalue weighted by atomic mass is 10.0. The Hall–Kier alpha value is -1.01. The van der Waals surface area contributed by atoms with Gasteiger partial charge in [0, 0.05) is 0 Å². The second-order valence-corrected chi connectivity index (χ2v) is 5.76. The van der Waals surface area contributed by atoms with Crippen molar-refractivity contribution in [3.63, 3.8) is 0 Å². The Morgan fingerprint density at radius 3 is 2.35 bits per heavy atom. The van der Waals surface area contributed by atoms with Crippen LogP contribution < -0.4 is 4.74 Å². The molecule has 1 atom stereocenters. The summed E-state index contributed by atoms with van der Waals surface area (Å²) in [5.41, 5.74) is 1.54. The highest BCUT2D eigenvalue weighted by Gasteiger charge is 2.14. The monoisotopic (exact) mass is 408 g/mol. The van der Waals surface area contributed by atoms with Gasteiger partial charge in [-0.3, -0.25) is 0 Å². The molecule has 0 N–H and O–H groups in total. The van der Waals surface area contributed by atoms with E-state index < -0.39 is 6.61 Å². The summed E-state index contributed by atoms with van der Waals surface area (Å²) < 4.78 is 42.3. The first-order valence-electron chi connectivity index (χ1n) is 5.61. The van der Waals surface area contributed by atoms with Crippen LogP contribution in [0.4, 0.5) is 13.2 Å². The molecule has 2 aromatic carbocycles. The maximum Gasteiger partial charge on any atom is 0.387 e. The molecule has 2 rings (SSSR count). The molecule has 0 spiro atoms. The normalized spacial score (nSPS) is 12.5. The van der Waals surface area contributed by atoms with E-state index in [0.29, 0.717) is 4.47 Å². The molecule has 0 saturated heterocycles. The predicted octanol–water partition coefficient (Wildman–Crippen LogP) is 5.67. The summed E-state index contributed by atoms with van der Waals surface area (Å²) in [6.07, 6.45) is 0. The van der Waals surface area contributed by atoms with Gasteiger partial charge in [0.1, 0.15) is 11.6 Å². The summed E-state index contributed by atoms with van der Waals surface area (Å²) in [6.45, 7) is -2.86. The van der Waals surface area contributed by atoms with Crippen LogP contribution in [0.5, 0.6) is 5.75 Å². The van der Waals surface area contributed by atoms with Gasteiger partial charge < -0.3 is 4.74 Å². The van der Waals surface area contributed by atoms with Crippen LogP contribution in [-0.4, -0.2) is 6.61 Å². The van der Waals surface area contributed by atoms with E-state index in [4.69, 9.17) is 0 Å². The minimum absolute atomic E-state index is 0.0862. The topological polar surface area (TPSA) is 9.23 Å². The second kappa shape index (κ2) is 6.63. The third kappa shape index (κ3) is 3.76. The standard InChI is InChI=1S/C14H9Br2F3O/c15-11-7-9(4-5-12(11)17)13(16)8-2-1-3-10(6-8)20-14(18)19/h1-7,13-14H. The van der Waals surface area contributed by atoms with Crippen LogP contribution in [0, 0.1) is 5.82 Å². The second-order valence-electron chi connectivity index (χ2n) is 3.99. The Morgan fingerprint density at radius 1 is 1.00 bits per heavy atom. The largest absolute Gasteiger partial charge is 0.435 e. The molecule has 0 aliphatic carbocycles. The van der Waals surface area contributed by atoms with Crippen molar-refractivity contribution in [1.29, 1.82) is 0 Å². The molecular weight excluding hydrogens is 401 g/mol. The molecular formula is C14H9Br2F3O. The van der Waals surface area contributed by atoms with Crippen molar-refractivity contribution in [3.8, 4) is 5.75 Å². The van der Waals surface area contributed by atoms with E-state index in [9.17, 15) is 13.2 Å². The fourth-order valence-corrected chi connectivity index (χ4v) is 2.68. The fraction of sp³-hybridized carbons (Fsp3) is 0.143. The summed E-state index contributed by atoms with van der Waals surface area (Å²) in [6, 6.07) is 11.0. The van der Waals surface area contributed by atoms with Crippen molar-refractivity contribution in [1.82, 2.24) is 0 Å². The highest BCUT2D eigenvalue weighted by Crippen LogP contribution is 2.34. The van der Waals surface area contributed by atoms with Gasteiger partial charge >= 0.3 is 6.61 Å². The molecule has 2 aromatic rings. The Kier molecular flexibility index (Phi) is 5.10. The zero-order valence-electron chi connectivity index (χ0n) is 9.99.